The van der Waals surface area contributed by atoms with Crippen molar-refractivity contribution < 1.29 is 9.53 Å². The number of esters is 1. The maximum absolute atomic E-state index is 11.3. The Morgan fingerprint density at radius 3 is 2.50 bits per heavy atom. The van der Waals surface area contributed by atoms with Crippen molar-refractivity contribution in [2.45, 2.75) is 29.9 Å². The van der Waals surface area contributed by atoms with Crippen LogP contribution in [0.25, 0.3) is 0 Å². The lowest BCUT2D eigenvalue weighted by Crippen LogP contribution is -2.31. The second-order valence-electron chi connectivity index (χ2n) is 4.47. The van der Waals surface area contributed by atoms with E-state index in [-0.39, 0.29) is 10.7 Å². The van der Waals surface area contributed by atoms with Gasteiger partial charge in [-0.3, -0.25) is 4.79 Å². The molecule has 1 heterocycles. The van der Waals surface area contributed by atoms with E-state index in [2.05, 4.69) is 26.0 Å². The SMILES string of the molecule is CC(C)C1(Sc2ccccc2)COC(=O)C1. The Bertz CT molecular complexity index is 375. The standard InChI is InChI=1S/C13H16O2S/c1-10(2)13(8-12(14)15-9-13)16-11-6-4-3-5-7-11/h3-7,10H,8-9H2,1-2H3. The van der Waals surface area contributed by atoms with Gasteiger partial charge in [-0.05, 0) is 18.1 Å². The van der Waals surface area contributed by atoms with Crippen LogP contribution in [0.5, 0.6) is 0 Å². The van der Waals surface area contributed by atoms with E-state index in [1.54, 1.807) is 11.8 Å². The third kappa shape index (κ3) is 2.24. The molecule has 2 nitrogen and oxygen atoms in total. The fourth-order valence-electron chi connectivity index (χ4n) is 1.83. The van der Waals surface area contributed by atoms with E-state index in [1.165, 1.54) is 4.90 Å². The lowest BCUT2D eigenvalue weighted by Gasteiger charge is -2.29. The summed E-state index contributed by atoms with van der Waals surface area (Å²) in [4.78, 5) is 12.5. The summed E-state index contributed by atoms with van der Waals surface area (Å²) in [7, 11) is 0. The average Bonchev–Trinajstić information content (AvgIpc) is 2.63. The molecule has 1 atom stereocenters. The molecule has 0 aromatic heterocycles. The molecule has 0 amide bonds. The molecule has 0 radical (unpaired) electrons. The highest BCUT2D eigenvalue weighted by Gasteiger charge is 2.43. The van der Waals surface area contributed by atoms with Crippen molar-refractivity contribution in [2.24, 2.45) is 5.92 Å². The van der Waals surface area contributed by atoms with Crippen LogP contribution in [-0.2, 0) is 9.53 Å². The van der Waals surface area contributed by atoms with Crippen molar-refractivity contribution in [3.05, 3.63) is 30.3 Å². The zero-order valence-corrected chi connectivity index (χ0v) is 10.4. The fraction of sp³-hybridized carbons (Fsp3) is 0.462. The van der Waals surface area contributed by atoms with E-state index >= 15 is 0 Å². The molecule has 0 spiro atoms. The predicted molar refractivity (Wildman–Crippen MR) is 65.4 cm³/mol. The number of carbonyl (C=O) groups is 1. The van der Waals surface area contributed by atoms with Gasteiger partial charge in [0.25, 0.3) is 0 Å². The molecule has 1 aromatic carbocycles. The molecule has 2 rings (SSSR count). The van der Waals surface area contributed by atoms with Crippen LogP contribution in [0.15, 0.2) is 35.2 Å². The Morgan fingerprint density at radius 1 is 1.31 bits per heavy atom. The highest BCUT2D eigenvalue weighted by atomic mass is 32.2. The number of benzene rings is 1. The Balaban J connectivity index is 2.19. The van der Waals surface area contributed by atoms with Crippen molar-refractivity contribution in [2.75, 3.05) is 6.61 Å². The number of cyclic esters (lactones) is 1. The summed E-state index contributed by atoms with van der Waals surface area (Å²) in [6.07, 6.45) is 0.518. The summed E-state index contributed by atoms with van der Waals surface area (Å²) in [5.41, 5.74) is 0. The van der Waals surface area contributed by atoms with Gasteiger partial charge in [0.1, 0.15) is 6.61 Å². The predicted octanol–water partition coefficient (Wildman–Crippen LogP) is 3.12. The second kappa shape index (κ2) is 4.50. The maximum Gasteiger partial charge on any atom is 0.307 e. The molecule has 0 saturated carbocycles. The van der Waals surface area contributed by atoms with E-state index in [0.717, 1.165) is 0 Å². The van der Waals surface area contributed by atoms with E-state index in [0.29, 0.717) is 18.9 Å². The third-order valence-electron chi connectivity index (χ3n) is 3.04. The van der Waals surface area contributed by atoms with Crippen LogP contribution in [0.3, 0.4) is 0 Å². The van der Waals surface area contributed by atoms with Crippen molar-refractivity contribution in [3.63, 3.8) is 0 Å². The number of rotatable bonds is 3. The summed E-state index contributed by atoms with van der Waals surface area (Å²) < 4.78 is 5.06. The largest absolute Gasteiger partial charge is 0.464 e. The molecule has 1 aliphatic heterocycles. The highest BCUT2D eigenvalue weighted by molar-refractivity contribution is 8.00. The van der Waals surface area contributed by atoms with Crippen molar-refractivity contribution >= 4 is 17.7 Å². The topological polar surface area (TPSA) is 26.3 Å². The van der Waals surface area contributed by atoms with E-state index in [1.807, 2.05) is 18.2 Å². The van der Waals surface area contributed by atoms with Gasteiger partial charge in [-0.1, -0.05) is 32.0 Å². The van der Waals surface area contributed by atoms with Crippen LogP contribution < -0.4 is 0 Å². The molecular weight excluding hydrogens is 220 g/mol. The van der Waals surface area contributed by atoms with Gasteiger partial charge in [0.15, 0.2) is 0 Å². The lowest BCUT2D eigenvalue weighted by atomic mass is 9.94. The Morgan fingerprint density at radius 2 is 2.00 bits per heavy atom. The highest BCUT2D eigenvalue weighted by Crippen LogP contribution is 2.44. The Hall–Kier alpha value is -0.960. The molecule has 16 heavy (non-hydrogen) atoms. The first-order valence-electron chi connectivity index (χ1n) is 5.52. The van der Waals surface area contributed by atoms with Gasteiger partial charge in [0, 0.05) is 4.90 Å². The lowest BCUT2D eigenvalue weighted by molar-refractivity contribution is -0.137. The van der Waals surface area contributed by atoms with Crippen LogP contribution in [0, 0.1) is 5.92 Å². The molecule has 1 aliphatic rings. The quantitative estimate of drug-likeness (QED) is 0.754. The van der Waals surface area contributed by atoms with Gasteiger partial charge in [0.05, 0.1) is 11.2 Å². The van der Waals surface area contributed by atoms with E-state index in [4.69, 9.17) is 4.74 Å². The number of hydrogen-bond donors (Lipinski definition) is 0. The fourth-order valence-corrected chi connectivity index (χ4v) is 3.13. The Kier molecular flexibility index (Phi) is 3.24. The zero-order chi connectivity index (χ0) is 11.6. The Labute approximate surface area is 100 Å². The minimum atomic E-state index is -0.0849. The van der Waals surface area contributed by atoms with Crippen LogP contribution in [-0.4, -0.2) is 17.3 Å². The second-order valence-corrected chi connectivity index (χ2v) is 5.96. The van der Waals surface area contributed by atoms with Gasteiger partial charge in [0.2, 0.25) is 0 Å². The number of ether oxygens (including phenoxy) is 1. The van der Waals surface area contributed by atoms with Crippen molar-refractivity contribution in [3.8, 4) is 0 Å². The minimum Gasteiger partial charge on any atom is -0.464 e. The molecule has 1 fully saturated rings. The molecule has 0 aliphatic carbocycles. The summed E-state index contributed by atoms with van der Waals surface area (Å²) in [6, 6.07) is 10.2. The normalized spacial score (nSPS) is 24.8. The van der Waals surface area contributed by atoms with Gasteiger partial charge >= 0.3 is 5.97 Å². The number of thioether (sulfide) groups is 1. The molecule has 3 heteroatoms. The van der Waals surface area contributed by atoms with Gasteiger partial charge in [-0.25, -0.2) is 0 Å². The summed E-state index contributed by atoms with van der Waals surface area (Å²) in [6.45, 7) is 4.83. The van der Waals surface area contributed by atoms with Crippen LogP contribution >= 0.6 is 11.8 Å². The first-order valence-corrected chi connectivity index (χ1v) is 6.34. The van der Waals surface area contributed by atoms with Crippen molar-refractivity contribution in [1.29, 1.82) is 0 Å². The van der Waals surface area contributed by atoms with Gasteiger partial charge in [-0.15, -0.1) is 11.8 Å². The summed E-state index contributed by atoms with van der Waals surface area (Å²) in [5, 5.41) is 0. The molecule has 0 N–H and O–H groups in total. The first kappa shape index (κ1) is 11.5. The molecular formula is C13H16O2S. The van der Waals surface area contributed by atoms with Crippen LogP contribution in [0.4, 0.5) is 0 Å². The summed E-state index contributed by atoms with van der Waals surface area (Å²) in [5.74, 6) is 0.348. The van der Waals surface area contributed by atoms with Gasteiger partial charge in [-0.2, -0.15) is 0 Å². The van der Waals surface area contributed by atoms with Crippen molar-refractivity contribution in [1.82, 2.24) is 0 Å². The molecule has 1 aromatic rings. The third-order valence-corrected chi connectivity index (χ3v) is 4.69. The smallest absolute Gasteiger partial charge is 0.307 e. The summed E-state index contributed by atoms with van der Waals surface area (Å²) >= 11 is 1.76. The average molecular weight is 236 g/mol. The number of carbonyl (C=O) groups excluding carboxylic acids is 1. The van der Waals surface area contributed by atoms with E-state index < -0.39 is 0 Å². The zero-order valence-electron chi connectivity index (χ0n) is 9.60. The molecule has 0 bridgehead atoms. The van der Waals surface area contributed by atoms with E-state index in [9.17, 15) is 4.79 Å². The minimum absolute atomic E-state index is 0.0721. The van der Waals surface area contributed by atoms with Crippen LogP contribution in [0.2, 0.25) is 0 Å². The first-order chi connectivity index (χ1) is 7.62. The maximum atomic E-state index is 11.3. The van der Waals surface area contributed by atoms with Crippen LogP contribution in [0.1, 0.15) is 20.3 Å². The monoisotopic (exact) mass is 236 g/mol. The number of hydrogen-bond acceptors (Lipinski definition) is 3. The molecule has 1 saturated heterocycles. The molecule has 1 unspecified atom stereocenters. The van der Waals surface area contributed by atoms with Gasteiger partial charge < -0.3 is 4.74 Å². The molecule has 86 valence electrons.